The Morgan fingerprint density at radius 1 is 1.33 bits per heavy atom. The molecule has 0 bridgehead atoms. The van der Waals surface area contributed by atoms with E-state index < -0.39 is 24.0 Å². The molecule has 0 aliphatic rings. The molecule has 5 nitrogen and oxygen atoms in total. The predicted octanol–water partition coefficient (Wildman–Crippen LogP) is 0.788. The van der Waals surface area contributed by atoms with Gasteiger partial charge in [-0.1, -0.05) is 37.3 Å². The summed E-state index contributed by atoms with van der Waals surface area (Å²) in [7, 11) is 1.25. The second-order valence-corrected chi connectivity index (χ2v) is 3.81. The van der Waals surface area contributed by atoms with E-state index in [2.05, 4.69) is 10.1 Å². The van der Waals surface area contributed by atoms with E-state index in [1.165, 1.54) is 7.11 Å². The van der Waals surface area contributed by atoms with Crippen molar-refractivity contribution in [1.29, 1.82) is 0 Å². The maximum atomic E-state index is 11.8. The van der Waals surface area contributed by atoms with E-state index in [0.717, 1.165) is 0 Å². The molecule has 1 amide bonds. The molecule has 2 atom stereocenters. The molecule has 98 valence electrons. The maximum absolute atomic E-state index is 11.8. The van der Waals surface area contributed by atoms with Gasteiger partial charge in [-0.2, -0.15) is 0 Å². The van der Waals surface area contributed by atoms with E-state index in [4.69, 9.17) is 0 Å². The fourth-order valence-electron chi connectivity index (χ4n) is 1.51. The average Bonchev–Trinajstić information content (AvgIpc) is 2.43. The first-order valence-electron chi connectivity index (χ1n) is 5.71. The zero-order chi connectivity index (χ0) is 13.5. The van der Waals surface area contributed by atoms with Crippen LogP contribution < -0.4 is 5.32 Å². The molecule has 1 aromatic carbocycles. The third kappa shape index (κ3) is 3.56. The van der Waals surface area contributed by atoms with Gasteiger partial charge in [0.1, 0.15) is 6.04 Å². The fourth-order valence-corrected chi connectivity index (χ4v) is 1.51. The normalized spacial score (nSPS) is 13.5. The Morgan fingerprint density at radius 3 is 2.44 bits per heavy atom. The first-order chi connectivity index (χ1) is 8.60. The Morgan fingerprint density at radius 2 is 1.94 bits per heavy atom. The molecule has 5 heteroatoms. The number of carbonyl (C=O) groups is 2. The van der Waals surface area contributed by atoms with Crippen LogP contribution in [-0.2, 0) is 14.3 Å². The molecule has 0 spiro atoms. The summed E-state index contributed by atoms with van der Waals surface area (Å²) >= 11 is 0. The van der Waals surface area contributed by atoms with Gasteiger partial charge in [0, 0.05) is 0 Å². The lowest BCUT2D eigenvalue weighted by Crippen LogP contribution is -2.43. The molecule has 0 fully saturated rings. The zero-order valence-corrected chi connectivity index (χ0v) is 10.4. The molecule has 1 aromatic rings. The van der Waals surface area contributed by atoms with Crippen LogP contribution >= 0.6 is 0 Å². The number of hydrogen-bond acceptors (Lipinski definition) is 4. The molecule has 0 aromatic heterocycles. The van der Waals surface area contributed by atoms with Crippen molar-refractivity contribution in [1.82, 2.24) is 5.32 Å². The Hall–Kier alpha value is -1.88. The van der Waals surface area contributed by atoms with Gasteiger partial charge in [-0.15, -0.1) is 0 Å². The topological polar surface area (TPSA) is 75.6 Å². The lowest BCUT2D eigenvalue weighted by Gasteiger charge is -2.17. The monoisotopic (exact) mass is 251 g/mol. The van der Waals surface area contributed by atoms with E-state index in [-0.39, 0.29) is 0 Å². The van der Waals surface area contributed by atoms with Crippen LogP contribution in [0.5, 0.6) is 0 Å². The van der Waals surface area contributed by atoms with Crippen LogP contribution in [0.1, 0.15) is 25.0 Å². The van der Waals surface area contributed by atoms with Crippen LogP contribution in [0.4, 0.5) is 0 Å². The molecule has 0 radical (unpaired) electrons. The largest absolute Gasteiger partial charge is 0.467 e. The van der Waals surface area contributed by atoms with E-state index in [0.29, 0.717) is 12.0 Å². The Balaban J connectivity index is 2.67. The molecule has 0 saturated heterocycles. The standard InChI is InChI=1S/C13H17NO4/c1-3-10(13(17)18-2)14-12(16)11(15)9-7-5-4-6-8-9/h4-8,10-11,15H,3H2,1-2H3,(H,14,16)/t10-,11+/m1/s1. The molecule has 2 N–H and O–H groups in total. The van der Waals surface area contributed by atoms with E-state index in [1.54, 1.807) is 37.3 Å². The predicted molar refractivity (Wildman–Crippen MR) is 65.6 cm³/mol. The molecular weight excluding hydrogens is 234 g/mol. The Labute approximate surface area is 106 Å². The Kier molecular flexibility index (Phi) is 5.32. The average molecular weight is 251 g/mol. The second-order valence-electron chi connectivity index (χ2n) is 3.81. The lowest BCUT2D eigenvalue weighted by atomic mass is 10.1. The number of hydrogen-bond donors (Lipinski definition) is 2. The SMILES string of the molecule is CC[C@@H](NC(=O)[C@@H](O)c1ccccc1)C(=O)OC. The minimum absolute atomic E-state index is 0.403. The van der Waals surface area contributed by atoms with Gasteiger partial charge >= 0.3 is 5.97 Å². The summed E-state index contributed by atoms with van der Waals surface area (Å²) in [6.45, 7) is 1.75. The van der Waals surface area contributed by atoms with E-state index in [1.807, 2.05) is 0 Å². The number of nitrogens with one attached hydrogen (secondary N) is 1. The number of amides is 1. The second kappa shape index (κ2) is 6.76. The number of aliphatic hydroxyl groups excluding tert-OH is 1. The van der Waals surface area contributed by atoms with Gasteiger partial charge in [-0.3, -0.25) is 4.79 Å². The van der Waals surface area contributed by atoms with Crippen molar-refractivity contribution < 1.29 is 19.4 Å². The maximum Gasteiger partial charge on any atom is 0.328 e. The highest BCUT2D eigenvalue weighted by Gasteiger charge is 2.24. The Bertz CT molecular complexity index is 405. The highest BCUT2D eigenvalue weighted by atomic mass is 16.5. The van der Waals surface area contributed by atoms with Crippen molar-refractivity contribution >= 4 is 11.9 Å². The molecule has 0 aliphatic carbocycles. The zero-order valence-electron chi connectivity index (χ0n) is 10.4. The van der Waals surface area contributed by atoms with E-state index in [9.17, 15) is 14.7 Å². The minimum Gasteiger partial charge on any atom is -0.467 e. The van der Waals surface area contributed by atoms with Crippen LogP contribution in [0.25, 0.3) is 0 Å². The first kappa shape index (κ1) is 14.2. The van der Waals surface area contributed by atoms with Crippen molar-refractivity contribution in [2.75, 3.05) is 7.11 Å². The van der Waals surface area contributed by atoms with Crippen LogP contribution in [0.2, 0.25) is 0 Å². The molecule has 0 unspecified atom stereocenters. The van der Waals surface area contributed by atoms with Crippen molar-refractivity contribution in [3.63, 3.8) is 0 Å². The molecule has 18 heavy (non-hydrogen) atoms. The van der Waals surface area contributed by atoms with Crippen molar-refractivity contribution in [2.45, 2.75) is 25.5 Å². The van der Waals surface area contributed by atoms with Gasteiger partial charge in [-0.25, -0.2) is 4.79 Å². The molecule has 0 aliphatic heterocycles. The van der Waals surface area contributed by atoms with E-state index >= 15 is 0 Å². The summed E-state index contributed by atoms with van der Waals surface area (Å²) in [5.74, 6) is -1.13. The summed E-state index contributed by atoms with van der Waals surface area (Å²) in [4.78, 5) is 23.1. The molecule has 0 saturated carbocycles. The number of esters is 1. The molecule has 0 heterocycles. The van der Waals surface area contributed by atoms with Gasteiger partial charge in [0.15, 0.2) is 6.10 Å². The lowest BCUT2D eigenvalue weighted by molar-refractivity contribution is -0.146. The quantitative estimate of drug-likeness (QED) is 0.759. The fraction of sp³-hybridized carbons (Fsp3) is 0.385. The summed E-state index contributed by atoms with van der Waals surface area (Å²) in [6.07, 6.45) is -0.884. The highest BCUT2D eigenvalue weighted by Crippen LogP contribution is 2.12. The van der Waals surface area contributed by atoms with Gasteiger partial charge in [0.2, 0.25) is 0 Å². The van der Waals surface area contributed by atoms with Gasteiger partial charge in [-0.05, 0) is 12.0 Å². The smallest absolute Gasteiger partial charge is 0.328 e. The highest BCUT2D eigenvalue weighted by molar-refractivity contribution is 5.87. The third-order valence-corrected chi connectivity index (χ3v) is 2.57. The minimum atomic E-state index is -1.29. The van der Waals surface area contributed by atoms with Gasteiger partial charge < -0.3 is 15.2 Å². The molecular formula is C13H17NO4. The third-order valence-electron chi connectivity index (χ3n) is 2.57. The van der Waals surface area contributed by atoms with Crippen molar-refractivity contribution in [2.24, 2.45) is 0 Å². The summed E-state index contributed by atoms with van der Waals surface area (Å²) in [5, 5.41) is 12.3. The summed E-state index contributed by atoms with van der Waals surface area (Å²) in [5.41, 5.74) is 0.481. The number of rotatable bonds is 5. The number of benzene rings is 1. The summed E-state index contributed by atoms with van der Waals surface area (Å²) in [6, 6.07) is 7.79. The van der Waals surface area contributed by atoms with Crippen molar-refractivity contribution in [3.05, 3.63) is 35.9 Å². The van der Waals surface area contributed by atoms with Crippen LogP contribution in [-0.4, -0.2) is 30.1 Å². The van der Waals surface area contributed by atoms with Crippen LogP contribution in [0, 0.1) is 0 Å². The molecule has 1 rings (SSSR count). The van der Waals surface area contributed by atoms with Gasteiger partial charge in [0.25, 0.3) is 5.91 Å². The van der Waals surface area contributed by atoms with Crippen LogP contribution in [0.15, 0.2) is 30.3 Å². The number of methoxy groups -OCH3 is 1. The van der Waals surface area contributed by atoms with Gasteiger partial charge in [0.05, 0.1) is 7.11 Å². The number of aliphatic hydroxyl groups is 1. The van der Waals surface area contributed by atoms with Crippen LogP contribution in [0.3, 0.4) is 0 Å². The van der Waals surface area contributed by atoms with Crippen molar-refractivity contribution in [3.8, 4) is 0 Å². The number of carbonyl (C=O) groups excluding carboxylic acids is 2. The summed E-state index contributed by atoms with van der Waals surface area (Å²) < 4.78 is 4.55. The number of ether oxygens (including phenoxy) is 1. The first-order valence-corrected chi connectivity index (χ1v) is 5.71.